The first-order chi connectivity index (χ1) is 20.7. The van der Waals surface area contributed by atoms with Crippen LogP contribution in [0.1, 0.15) is 72.8 Å². The second kappa shape index (κ2) is 15.5. The molecule has 0 spiro atoms. The Morgan fingerprint density at radius 1 is 1.00 bits per heavy atom. The molecule has 44 heavy (non-hydrogen) atoms. The zero-order valence-electron chi connectivity index (χ0n) is 27.7. The summed E-state index contributed by atoms with van der Waals surface area (Å²) in [7, 11) is 1.66. The summed E-state index contributed by atoms with van der Waals surface area (Å²) >= 11 is 0. The van der Waals surface area contributed by atoms with E-state index in [1.54, 1.807) is 25.8 Å². The van der Waals surface area contributed by atoms with Crippen LogP contribution < -0.4 is 16.4 Å². The molecule has 1 fully saturated rings. The van der Waals surface area contributed by atoms with Gasteiger partial charge in [0.1, 0.15) is 12.1 Å². The van der Waals surface area contributed by atoms with Crippen molar-refractivity contribution in [2.24, 2.45) is 23.5 Å². The van der Waals surface area contributed by atoms with Crippen molar-refractivity contribution in [2.75, 3.05) is 26.7 Å². The minimum Gasteiger partial charge on any atom is -0.353 e. The number of carbonyl (C=O) groups is 4. The van der Waals surface area contributed by atoms with Crippen molar-refractivity contribution in [3.63, 3.8) is 0 Å². The summed E-state index contributed by atoms with van der Waals surface area (Å²) < 4.78 is 0. The molecule has 1 aliphatic heterocycles. The molecule has 0 aromatic heterocycles. The van der Waals surface area contributed by atoms with Crippen LogP contribution in [0.15, 0.2) is 42.5 Å². The predicted molar refractivity (Wildman–Crippen MR) is 176 cm³/mol. The number of amides is 4. The van der Waals surface area contributed by atoms with Crippen molar-refractivity contribution in [1.82, 2.24) is 20.4 Å². The number of nitrogens with zero attached hydrogens (tertiary/aromatic N) is 2. The van der Waals surface area contributed by atoms with E-state index in [0.717, 1.165) is 35.6 Å². The van der Waals surface area contributed by atoms with Crippen LogP contribution in [0.25, 0.3) is 10.8 Å². The molecule has 1 heterocycles. The molecule has 0 saturated carbocycles. The van der Waals surface area contributed by atoms with Crippen molar-refractivity contribution in [3.8, 4) is 0 Å². The van der Waals surface area contributed by atoms with Gasteiger partial charge in [-0.3, -0.25) is 19.2 Å². The summed E-state index contributed by atoms with van der Waals surface area (Å²) in [5, 5.41) is 7.95. The van der Waals surface area contributed by atoms with Gasteiger partial charge in [-0.15, -0.1) is 0 Å². The Morgan fingerprint density at radius 2 is 1.64 bits per heavy atom. The first-order valence-corrected chi connectivity index (χ1v) is 16.1. The maximum atomic E-state index is 13.8. The third-order valence-corrected chi connectivity index (χ3v) is 8.26. The number of benzene rings is 2. The number of nitrogens with one attached hydrogen (secondary N) is 2. The van der Waals surface area contributed by atoms with Gasteiger partial charge in [-0.05, 0) is 67.7 Å². The monoisotopic (exact) mass is 607 g/mol. The average molecular weight is 608 g/mol. The molecule has 3 rings (SSSR count). The Hall–Kier alpha value is -3.46. The lowest BCUT2D eigenvalue weighted by Gasteiger charge is -2.31. The zero-order chi connectivity index (χ0) is 32.6. The summed E-state index contributed by atoms with van der Waals surface area (Å²) in [6.07, 6.45) is 3.19. The van der Waals surface area contributed by atoms with E-state index in [-0.39, 0.29) is 42.6 Å². The summed E-state index contributed by atoms with van der Waals surface area (Å²) in [6, 6.07) is 12.6. The van der Waals surface area contributed by atoms with Crippen LogP contribution in [0.5, 0.6) is 0 Å². The van der Waals surface area contributed by atoms with Gasteiger partial charge in [0.15, 0.2) is 0 Å². The van der Waals surface area contributed by atoms with Gasteiger partial charge in [0.05, 0.1) is 5.54 Å². The Kier molecular flexibility index (Phi) is 12.3. The van der Waals surface area contributed by atoms with E-state index < -0.39 is 17.6 Å². The fourth-order valence-electron chi connectivity index (χ4n) is 5.98. The number of likely N-dealkylation sites (tertiary alicyclic amines) is 1. The molecular weight excluding hydrogens is 554 g/mol. The third-order valence-electron chi connectivity index (χ3n) is 8.26. The van der Waals surface area contributed by atoms with E-state index in [4.69, 9.17) is 5.73 Å². The second-order valence-electron chi connectivity index (χ2n) is 13.8. The van der Waals surface area contributed by atoms with Crippen LogP contribution in [0.4, 0.5) is 0 Å². The van der Waals surface area contributed by atoms with E-state index in [0.29, 0.717) is 31.2 Å². The molecule has 2 aromatic rings. The number of carbonyl (C=O) groups excluding carboxylic acids is 4. The minimum atomic E-state index is -1.02. The molecule has 0 aliphatic carbocycles. The van der Waals surface area contributed by atoms with Crippen LogP contribution in [0, 0.1) is 17.8 Å². The largest absolute Gasteiger partial charge is 0.353 e. The fraction of sp³-hybridized carbons (Fsp3) is 0.600. The van der Waals surface area contributed by atoms with Crippen LogP contribution in [-0.4, -0.2) is 77.7 Å². The van der Waals surface area contributed by atoms with Gasteiger partial charge < -0.3 is 26.2 Å². The zero-order valence-corrected chi connectivity index (χ0v) is 27.7. The molecule has 0 radical (unpaired) electrons. The molecular formula is C35H53N5O4. The smallest absolute Gasteiger partial charge is 0.245 e. The molecule has 242 valence electrons. The highest BCUT2D eigenvalue weighted by Crippen LogP contribution is 2.27. The highest BCUT2D eigenvalue weighted by atomic mass is 16.2. The van der Waals surface area contributed by atoms with Crippen LogP contribution >= 0.6 is 0 Å². The van der Waals surface area contributed by atoms with E-state index in [2.05, 4.69) is 38.3 Å². The van der Waals surface area contributed by atoms with E-state index >= 15 is 0 Å². The maximum Gasteiger partial charge on any atom is 0.245 e. The van der Waals surface area contributed by atoms with Crippen LogP contribution in [0.2, 0.25) is 0 Å². The number of hydrogen-bond donors (Lipinski definition) is 3. The Bertz CT molecular complexity index is 1290. The van der Waals surface area contributed by atoms with Gasteiger partial charge in [-0.2, -0.15) is 0 Å². The molecule has 9 heteroatoms. The molecule has 0 bridgehead atoms. The number of hydrogen-bond acceptors (Lipinski definition) is 5. The van der Waals surface area contributed by atoms with Crippen LogP contribution in [0.3, 0.4) is 0 Å². The Labute approximate surface area is 263 Å². The summed E-state index contributed by atoms with van der Waals surface area (Å²) in [4.78, 5) is 56.9. The third kappa shape index (κ3) is 9.78. The first-order valence-electron chi connectivity index (χ1n) is 16.1. The molecule has 1 saturated heterocycles. The lowest BCUT2D eigenvalue weighted by atomic mass is 9.88. The molecule has 9 nitrogen and oxygen atoms in total. The first kappa shape index (κ1) is 35.0. The summed E-state index contributed by atoms with van der Waals surface area (Å²) in [5.74, 6) is -0.207. The van der Waals surface area contributed by atoms with Gasteiger partial charge in [-0.1, -0.05) is 70.2 Å². The summed E-state index contributed by atoms with van der Waals surface area (Å²) in [5.41, 5.74) is 5.77. The van der Waals surface area contributed by atoms with Gasteiger partial charge in [0, 0.05) is 39.0 Å². The van der Waals surface area contributed by atoms with E-state index in [9.17, 15) is 19.2 Å². The predicted octanol–water partition coefficient (Wildman–Crippen LogP) is 3.88. The van der Waals surface area contributed by atoms with Crippen molar-refractivity contribution in [1.29, 1.82) is 0 Å². The van der Waals surface area contributed by atoms with E-state index in [1.165, 1.54) is 4.90 Å². The van der Waals surface area contributed by atoms with Gasteiger partial charge >= 0.3 is 0 Å². The normalized spacial score (nSPS) is 16.1. The van der Waals surface area contributed by atoms with E-state index in [1.807, 2.05) is 42.5 Å². The molecule has 2 aromatic carbocycles. The maximum absolute atomic E-state index is 13.8. The molecule has 1 unspecified atom stereocenters. The molecule has 1 aliphatic rings. The Morgan fingerprint density at radius 3 is 2.25 bits per heavy atom. The molecule has 4 N–H and O–H groups in total. The lowest BCUT2D eigenvalue weighted by molar-refractivity contribution is -0.143. The molecule has 4 amide bonds. The van der Waals surface area contributed by atoms with Gasteiger partial charge in [-0.25, -0.2) is 0 Å². The van der Waals surface area contributed by atoms with Crippen molar-refractivity contribution < 1.29 is 19.2 Å². The number of fused-ring (bicyclic) bond motifs is 1. The summed E-state index contributed by atoms with van der Waals surface area (Å²) in [6.45, 7) is 12.8. The lowest BCUT2D eigenvalue weighted by Crippen LogP contribution is -2.55. The SMILES string of the molecule is CC(C)CC(CC(C)C)C(=O)N1CCCC1C(=O)N[C@H](Cc1ccc2ccccc2c1)C(=O)N(C)CCNC(=O)C(C)(C)N. The quantitative estimate of drug-likeness (QED) is 0.301. The second-order valence-corrected chi connectivity index (χ2v) is 13.8. The van der Waals surface area contributed by atoms with Gasteiger partial charge in [0.25, 0.3) is 0 Å². The number of rotatable bonds is 14. The van der Waals surface area contributed by atoms with Crippen molar-refractivity contribution in [2.45, 2.75) is 91.3 Å². The number of likely N-dealkylation sites (N-methyl/N-ethyl adjacent to an activating group) is 1. The highest BCUT2D eigenvalue weighted by Gasteiger charge is 2.39. The Balaban J connectivity index is 1.80. The van der Waals surface area contributed by atoms with Crippen LogP contribution in [-0.2, 0) is 25.6 Å². The minimum absolute atomic E-state index is 0.0399. The molecule has 2 atom stereocenters. The number of nitrogens with two attached hydrogens (primary N) is 1. The fourth-order valence-corrected chi connectivity index (χ4v) is 5.98. The highest BCUT2D eigenvalue weighted by molar-refractivity contribution is 5.93. The van der Waals surface area contributed by atoms with Crippen molar-refractivity contribution >= 4 is 34.4 Å². The standard InChI is InChI=1S/C35H53N5O4/c1-23(2)19-28(20-24(3)4)32(42)40-17-10-13-30(40)31(41)38-29(22-25-14-15-26-11-8-9-12-27(26)21-25)33(43)39(7)18-16-37-34(44)35(5,6)36/h8-9,11-12,14-15,21,23-24,28-30H,10,13,16-20,22,36H2,1-7H3,(H,37,44)(H,38,41)/t29-,30?/m1/s1. The average Bonchev–Trinajstić information content (AvgIpc) is 3.44. The van der Waals surface area contributed by atoms with Gasteiger partial charge in [0.2, 0.25) is 23.6 Å². The topological polar surface area (TPSA) is 125 Å². The van der Waals surface area contributed by atoms with Crippen molar-refractivity contribution in [3.05, 3.63) is 48.0 Å².